The van der Waals surface area contributed by atoms with E-state index in [2.05, 4.69) is 0 Å². The van der Waals surface area contributed by atoms with Crippen molar-refractivity contribution in [3.8, 4) is 0 Å². The summed E-state index contributed by atoms with van der Waals surface area (Å²) in [5, 5.41) is 8.96. The molecule has 6 nitrogen and oxygen atoms in total. The van der Waals surface area contributed by atoms with Crippen LogP contribution in [0.2, 0.25) is 0 Å². The third-order valence-corrected chi connectivity index (χ3v) is 4.38. The van der Waals surface area contributed by atoms with Gasteiger partial charge in [0.05, 0.1) is 12.9 Å². The number of carbonyl (C=O) groups excluding carboxylic acids is 1. The molecular formula is C11H22N2O4S. The van der Waals surface area contributed by atoms with E-state index in [1.807, 2.05) is 6.92 Å². The molecule has 0 aromatic heterocycles. The van der Waals surface area contributed by atoms with Gasteiger partial charge in [0.2, 0.25) is 15.9 Å². The Kier molecular flexibility index (Phi) is 5.55. The SMILES string of the molecule is CCCN(CCO)C(=O)C1CCCN1S(C)(=O)=O. The van der Waals surface area contributed by atoms with E-state index in [-0.39, 0.29) is 19.1 Å². The fourth-order valence-corrected chi connectivity index (χ4v) is 3.44. The van der Waals surface area contributed by atoms with Crippen molar-refractivity contribution in [1.82, 2.24) is 9.21 Å². The zero-order chi connectivity index (χ0) is 13.8. The van der Waals surface area contributed by atoms with Crippen LogP contribution in [0.5, 0.6) is 0 Å². The van der Waals surface area contributed by atoms with Crippen molar-refractivity contribution < 1.29 is 18.3 Å². The van der Waals surface area contributed by atoms with Crippen LogP contribution in [-0.4, -0.2) is 67.2 Å². The predicted molar refractivity (Wildman–Crippen MR) is 68.5 cm³/mol. The first-order chi connectivity index (χ1) is 8.41. The first-order valence-corrected chi connectivity index (χ1v) is 8.13. The van der Waals surface area contributed by atoms with Crippen LogP contribution >= 0.6 is 0 Å². The summed E-state index contributed by atoms with van der Waals surface area (Å²) >= 11 is 0. The van der Waals surface area contributed by atoms with Gasteiger partial charge >= 0.3 is 0 Å². The summed E-state index contributed by atoms with van der Waals surface area (Å²) in [6.45, 7) is 3.07. The molecule has 1 rings (SSSR count). The molecule has 1 N–H and O–H groups in total. The maximum atomic E-state index is 12.3. The lowest BCUT2D eigenvalue weighted by atomic mass is 10.2. The van der Waals surface area contributed by atoms with Crippen LogP contribution in [0.1, 0.15) is 26.2 Å². The molecule has 0 aromatic carbocycles. The van der Waals surface area contributed by atoms with Gasteiger partial charge in [-0.15, -0.1) is 0 Å². The Morgan fingerprint density at radius 2 is 2.11 bits per heavy atom. The van der Waals surface area contributed by atoms with Gasteiger partial charge in [0.25, 0.3) is 0 Å². The molecule has 18 heavy (non-hydrogen) atoms. The molecule has 1 unspecified atom stereocenters. The molecule has 0 radical (unpaired) electrons. The monoisotopic (exact) mass is 278 g/mol. The maximum Gasteiger partial charge on any atom is 0.241 e. The van der Waals surface area contributed by atoms with Crippen LogP contribution in [0.3, 0.4) is 0 Å². The maximum absolute atomic E-state index is 12.3. The van der Waals surface area contributed by atoms with Gasteiger partial charge in [0, 0.05) is 19.6 Å². The van der Waals surface area contributed by atoms with E-state index < -0.39 is 16.1 Å². The first-order valence-electron chi connectivity index (χ1n) is 6.28. The van der Waals surface area contributed by atoms with Gasteiger partial charge in [-0.3, -0.25) is 4.79 Å². The van der Waals surface area contributed by atoms with Crippen LogP contribution in [0.15, 0.2) is 0 Å². The van der Waals surface area contributed by atoms with Crippen molar-refractivity contribution in [3.05, 3.63) is 0 Å². The largest absolute Gasteiger partial charge is 0.395 e. The van der Waals surface area contributed by atoms with Crippen molar-refractivity contribution in [2.45, 2.75) is 32.2 Å². The summed E-state index contributed by atoms with van der Waals surface area (Å²) in [4.78, 5) is 13.8. The van der Waals surface area contributed by atoms with E-state index in [4.69, 9.17) is 5.11 Å². The minimum absolute atomic E-state index is 0.0999. The van der Waals surface area contributed by atoms with Crippen molar-refractivity contribution in [2.75, 3.05) is 32.5 Å². The molecule has 1 amide bonds. The summed E-state index contributed by atoms with van der Waals surface area (Å²) in [6.07, 6.45) is 3.20. The van der Waals surface area contributed by atoms with Crippen LogP contribution in [0.4, 0.5) is 0 Å². The smallest absolute Gasteiger partial charge is 0.241 e. The highest BCUT2D eigenvalue weighted by atomic mass is 32.2. The minimum Gasteiger partial charge on any atom is -0.395 e. The molecule has 0 aromatic rings. The average molecular weight is 278 g/mol. The molecule has 0 saturated carbocycles. The Hall–Kier alpha value is -0.660. The highest BCUT2D eigenvalue weighted by Gasteiger charge is 2.38. The Balaban J connectivity index is 2.80. The molecule has 0 bridgehead atoms. The Labute approximate surface area is 109 Å². The second kappa shape index (κ2) is 6.49. The number of aliphatic hydroxyl groups is 1. The van der Waals surface area contributed by atoms with E-state index in [0.717, 1.165) is 12.7 Å². The minimum atomic E-state index is -3.34. The summed E-state index contributed by atoms with van der Waals surface area (Å²) in [6, 6.07) is -0.585. The average Bonchev–Trinajstić information content (AvgIpc) is 2.76. The van der Waals surface area contributed by atoms with E-state index in [1.165, 1.54) is 4.31 Å². The highest BCUT2D eigenvalue weighted by Crippen LogP contribution is 2.22. The zero-order valence-corrected chi connectivity index (χ0v) is 11.8. The van der Waals surface area contributed by atoms with Crippen LogP contribution in [0.25, 0.3) is 0 Å². The van der Waals surface area contributed by atoms with Gasteiger partial charge in [-0.1, -0.05) is 6.92 Å². The lowest BCUT2D eigenvalue weighted by Crippen LogP contribution is -2.48. The fraction of sp³-hybridized carbons (Fsp3) is 0.909. The second-order valence-electron chi connectivity index (χ2n) is 4.58. The number of amides is 1. The number of nitrogens with zero attached hydrogens (tertiary/aromatic N) is 2. The van der Waals surface area contributed by atoms with Gasteiger partial charge in [0.15, 0.2) is 0 Å². The fourth-order valence-electron chi connectivity index (χ4n) is 2.32. The standard InChI is InChI=1S/C11H22N2O4S/c1-3-6-12(8-9-14)11(15)10-5-4-7-13(10)18(2,16)17/h10,14H,3-9H2,1-2H3. The van der Waals surface area contributed by atoms with Crippen LogP contribution < -0.4 is 0 Å². The molecule has 1 saturated heterocycles. The topological polar surface area (TPSA) is 77.9 Å². The third-order valence-electron chi connectivity index (χ3n) is 3.09. The summed E-state index contributed by atoms with van der Waals surface area (Å²) < 4.78 is 24.5. The molecule has 1 fully saturated rings. The molecule has 0 spiro atoms. The highest BCUT2D eigenvalue weighted by molar-refractivity contribution is 7.88. The molecule has 1 heterocycles. The van der Waals surface area contributed by atoms with Gasteiger partial charge in [0.1, 0.15) is 6.04 Å². The number of hydrogen-bond donors (Lipinski definition) is 1. The Morgan fingerprint density at radius 1 is 1.44 bits per heavy atom. The molecule has 0 aliphatic carbocycles. The van der Waals surface area contributed by atoms with Crippen molar-refractivity contribution >= 4 is 15.9 Å². The molecule has 7 heteroatoms. The first kappa shape index (κ1) is 15.4. The number of sulfonamides is 1. The van der Waals surface area contributed by atoms with Crippen molar-refractivity contribution in [2.24, 2.45) is 0 Å². The second-order valence-corrected chi connectivity index (χ2v) is 6.52. The summed E-state index contributed by atoms with van der Waals surface area (Å²) in [5.41, 5.74) is 0. The molecule has 1 atom stereocenters. The number of aliphatic hydroxyl groups excluding tert-OH is 1. The van der Waals surface area contributed by atoms with E-state index in [0.29, 0.717) is 25.9 Å². The van der Waals surface area contributed by atoms with E-state index in [9.17, 15) is 13.2 Å². The van der Waals surface area contributed by atoms with Crippen molar-refractivity contribution in [1.29, 1.82) is 0 Å². The van der Waals surface area contributed by atoms with Crippen molar-refractivity contribution in [3.63, 3.8) is 0 Å². The molecule has 1 aliphatic heterocycles. The number of hydrogen-bond acceptors (Lipinski definition) is 4. The molecular weight excluding hydrogens is 256 g/mol. The van der Waals surface area contributed by atoms with Gasteiger partial charge < -0.3 is 10.0 Å². The van der Waals surface area contributed by atoms with Gasteiger partial charge in [-0.2, -0.15) is 4.31 Å². The third kappa shape index (κ3) is 3.66. The summed E-state index contributed by atoms with van der Waals surface area (Å²) in [7, 11) is -3.34. The molecule has 106 valence electrons. The summed E-state index contributed by atoms with van der Waals surface area (Å²) in [5.74, 6) is -0.186. The Bertz CT molecular complexity index is 377. The quantitative estimate of drug-likeness (QED) is 0.720. The van der Waals surface area contributed by atoms with Gasteiger partial charge in [-0.25, -0.2) is 8.42 Å². The number of carbonyl (C=O) groups is 1. The zero-order valence-electron chi connectivity index (χ0n) is 11.0. The normalized spacial score (nSPS) is 21.2. The number of rotatable bonds is 6. The van der Waals surface area contributed by atoms with E-state index in [1.54, 1.807) is 4.90 Å². The predicted octanol–water partition coefficient (Wildman–Crippen LogP) is -0.359. The van der Waals surface area contributed by atoms with Crippen LogP contribution in [0, 0.1) is 0 Å². The Morgan fingerprint density at radius 3 is 2.61 bits per heavy atom. The lowest BCUT2D eigenvalue weighted by molar-refractivity contribution is -0.135. The van der Waals surface area contributed by atoms with Gasteiger partial charge in [-0.05, 0) is 19.3 Å². The molecule has 1 aliphatic rings. The lowest BCUT2D eigenvalue weighted by Gasteiger charge is -2.28. The van der Waals surface area contributed by atoms with E-state index >= 15 is 0 Å². The van der Waals surface area contributed by atoms with Crippen LogP contribution in [-0.2, 0) is 14.8 Å².